The summed E-state index contributed by atoms with van der Waals surface area (Å²) in [5.41, 5.74) is 0.601. The maximum atomic E-state index is 4.25. The van der Waals surface area contributed by atoms with Crippen LogP contribution in [0.5, 0.6) is 0 Å². The Morgan fingerprint density at radius 1 is 1.06 bits per heavy atom. The number of nitrogens with zero attached hydrogens (tertiary/aromatic N) is 1. The minimum Gasteiger partial charge on any atom is -0.303 e. The molecular weight excluding hydrogens is 226 g/mol. The summed E-state index contributed by atoms with van der Waals surface area (Å²) in [5, 5.41) is 0. The predicted octanol–water partition coefficient (Wildman–Crippen LogP) is 4.38. The second kappa shape index (κ2) is 7.68. The summed E-state index contributed by atoms with van der Waals surface area (Å²) in [4.78, 5) is 2.61. The molecule has 1 aliphatic rings. The van der Waals surface area contributed by atoms with Crippen LogP contribution in [0, 0.1) is 5.41 Å². The summed E-state index contributed by atoms with van der Waals surface area (Å²) in [6.07, 6.45) is 11.0. The van der Waals surface area contributed by atoms with Crippen LogP contribution in [-0.2, 0) is 0 Å². The van der Waals surface area contributed by atoms with Crippen LogP contribution in [-0.4, -0.2) is 30.3 Å². The zero-order chi connectivity index (χ0) is 12.7. The molecule has 102 valence electrons. The van der Waals surface area contributed by atoms with E-state index in [1.807, 2.05) is 0 Å². The SMILES string of the molecule is CN(CCCCCCS)C1CCC(C)(C)CC1. The van der Waals surface area contributed by atoms with Gasteiger partial charge < -0.3 is 4.90 Å². The molecule has 0 aliphatic heterocycles. The third kappa shape index (κ3) is 6.15. The Labute approximate surface area is 114 Å². The first-order valence-corrected chi connectivity index (χ1v) is 7.99. The highest BCUT2D eigenvalue weighted by atomic mass is 32.1. The Kier molecular flexibility index (Phi) is 6.94. The first-order valence-electron chi connectivity index (χ1n) is 7.36. The molecule has 0 atom stereocenters. The number of hydrogen-bond acceptors (Lipinski definition) is 2. The van der Waals surface area contributed by atoms with E-state index in [9.17, 15) is 0 Å². The fourth-order valence-corrected chi connectivity index (χ4v) is 3.06. The van der Waals surface area contributed by atoms with Crippen molar-refractivity contribution in [2.24, 2.45) is 5.41 Å². The number of thiol groups is 1. The highest BCUT2D eigenvalue weighted by molar-refractivity contribution is 7.80. The van der Waals surface area contributed by atoms with Crippen LogP contribution < -0.4 is 0 Å². The van der Waals surface area contributed by atoms with Gasteiger partial charge in [-0.1, -0.05) is 26.7 Å². The molecule has 1 rings (SSSR count). The van der Waals surface area contributed by atoms with Gasteiger partial charge in [-0.05, 0) is 63.3 Å². The van der Waals surface area contributed by atoms with Gasteiger partial charge in [0.25, 0.3) is 0 Å². The number of unbranched alkanes of at least 4 members (excludes halogenated alkanes) is 3. The van der Waals surface area contributed by atoms with E-state index in [4.69, 9.17) is 0 Å². The van der Waals surface area contributed by atoms with Crippen LogP contribution in [0.15, 0.2) is 0 Å². The first-order chi connectivity index (χ1) is 8.05. The highest BCUT2D eigenvalue weighted by Crippen LogP contribution is 2.36. The molecular formula is C15H31NS. The molecule has 0 amide bonds. The lowest BCUT2D eigenvalue weighted by molar-refractivity contribution is 0.126. The van der Waals surface area contributed by atoms with Gasteiger partial charge >= 0.3 is 0 Å². The lowest BCUT2D eigenvalue weighted by Crippen LogP contribution is -2.37. The second-order valence-corrected chi connectivity index (χ2v) is 6.96. The quantitative estimate of drug-likeness (QED) is 0.523. The Hall–Kier alpha value is 0.310. The van der Waals surface area contributed by atoms with Crippen LogP contribution in [0.25, 0.3) is 0 Å². The largest absolute Gasteiger partial charge is 0.303 e. The standard InChI is InChI=1S/C15H31NS/c1-15(2)10-8-14(9-11-15)16(3)12-6-4-5-7-13-17/h14,17H,4-13H2,1-3H3. The van der Waals surface area contributed by atoms with Gasteiger partial charge in [-0.25, -0.2) is 0 Å². The van der Waals surface area contributed by atoms with Crippen LogP contribution >= 0.6 is 12.6 Å². The van der Waals surface area contributed by atoms with Crippen molar-refractivity contribution in [3.63, 3.8) is 0 Å². The van der Waals surface area contributed by atoms with Crippen molar-refractivity contribution in [2.75, 3.05) is 19.3 Å². The molecule has 0 aromatic rings. The Balaban J connectivity index is 2.10. The average molecular weight is 257 g/mol. The van der Waals surface area contributed by atoms with Crippen molar-refractivity contribution >= 4 is 12.6 Å². The van der Waals surface area contributed by atoms with E-state index in [0.717, 1.165) is 11.8 Å². The Bertz CT molecular complexity index is 193. The van der Waals surface area contributed by atoms with Crippen LogP contribution in [0.3, 0.4) is 0 Å². The molecule has 0 aromatic heterocycles. The van der Waals surface area contributed by atoms with Crippen molar-refractivity contribution in [1.82, 2.24) is 4.90 Å². The Morgan fingerprint density at radius 3 is 2.24 bits per heavy atom. The van der Waals surface area contributed by atoms with Gasteiger partial charge in [0.1, 0.15) is 0 Å². The van der Waals surface area contributed by atoms with E-state index in [0.29, 0.717) is 5.41 Å². The molecule has 0 radical (unpaired) electrons. The maximum Gasteiger partial charge on any atom is 0.00926 e. The summed E-state index contributed by atoms with van der Waals surface area (Å²) in [7, 11) is 2.32. The van der Waals surface area contributed by atoms with Crippen molar-refractivity contribution in [2.45, 2.75) is 71.3 Å². The first kappa shape index (κ1) is 15.4. The summed E-state index contributed by atoms with van der Waals surface area (Å²) in [6.45, 7) is 6.12. The fourth-order valence-electron chi connectivity index (χ4n) is 2.83. The molecule has 1 saturated carbocycles. The van der Waals surface area contributed by atoms with E-state index in [2.05, 4.69) is 38.4 Å². The van der Waals surface area contributed by atoms with E-state index in [1.165, 1.54) is 57.9 Å². The summed E-state index contributed by atoms with van der Waals surface area (Å²) >= 11 is 4.25. The third-order valence-electron chi connectivity index (χ3n) is 4.35. The molecule has 0 N–H and O–H groups in total. The minimum atomic E-state index is 0.601. The monoisotopic (exact) mass is 257 g/mol. The van der Waals surface area contributed by atoms with Crippen LogP contribution in [0.2, 0.25) is 0 Å². The van der Waals surface area contributed by atoms with Gasteiger partial charge in [0, 0.05) is 6.04 Å². The van der Waals surface area contributed by atoms with Gasteiger partial charge in [0.15, 0.2) is 0 Å². The molecule has 0 heterocycles. The molecule has 0 spiro atoms. The van der Waals surface area contributed by atoms with Gasteiger partial charge in [0.2, 0.25) is 0 Å². The van der Waals surface area contributed by atoms with Gasteiger partial charge in [-0.15, -0.1) is 0 Å². The Morgan fingerprint density at radius 2 is 1.65 bits per heavy atom. The van der Waals surface area contributed by atoms with Crippen molar-refractivity contribution in [1.29, 1.82) is 0 Å². The zero-order valence-electron chi connectivity index (χ0n) is 12.0. The van der Waals surface area contributed by atoms with E-state index < -0.39 is 0 Å². The van der Waals surface area contributed by atoms with Crippen molar-refractivity contribution in [3.05, 3.63) is 0 Å². The van der Waals surface area contributed by atoms with Crippen molar-refractivity contribution < 1.29 is 0 Å². The summed E-state index contributed by atoms with van der Waals surface area (Å²) < 4.78 is 0. The van der Waals surface area contributed by atoms with Gasteiger partial charge in [-0.3, -0.25) is 0 Å². The predicted molar refractivity (Wildman–Crippen MR) is 81.0 cm³/mol. The molecule has 0 bridgehead atoms. The minimum absolute atomic E-state index is 0.601. The smallest absolute Gasteiger partial charge is 0.00926 e. The lowest BCUT2D eigenvalue weighted by atomic mass is 9.75. The zero-order valence-corrected chi connectivity index (χ0v) is 12.9. The van der Waals surface area contributed by atoms with E-state index in [-0.39, 0.29) is 0 Å². The van der Waals surface area contributed by atoms with Crippen LogP contribution in [0.4, 0.5) is 0 Å². The highest BCUT2D eigenvalue weighted by Gasteiger charge is 2.28. The van der Waals surface area contributed by atoms with E-state index in [1.54, 1.807) is 0 Å². The molecule has 1 fully saturated rings. The summed E-state index contributed by atoms with van der Waals surface area (Å²) in [6, 6.07) is 0.855. The second-order valence-electron chi connectivity index (χ2n) is 6.51. The fraction of sp³-hybridized carbons (Fsp3) is 1.00. The molecule has 17 heavy (non-hydrogen) atoms. The molecule has 0 unspecified atom stereocenters. The van der Waals surface area contributed by atoms with Crippen molar-refractivity contribution in [3.8, 4) is 0 Å². The molecule has 0 saturated heterocycles. The normalized spacial score (nSPS) is 21.0. The average Bonchev–Trinajstić information content (AvgIpc) is 2.28. The van der Waals surface area contributed by atoms with Crippen LogP contribution in [0.1, 0.15) is 65.2 Å². The van der Waals surface area contributed by atoms with Gasteiger partial charge in [0.05, 0.1) is 0 Å². The summed E-state index contributed by atoms with van der Waals surface area (Å²) in [5.74, 6) is 1.05. The molecule has 1 nitrogen and oxygen atoms in total. The maximum absolute atomic E-state index is 4.25. The van der Waals surface area contributed by atoms with E-state index >= 15 is 0 Å². The number of rotatable bonds is 7. The molecule has 2 heteroatoms. The van der Waals surface area contributed by atoms with Gasteiger partial charge in [-0.2, -0.15) is 12.6 Å². The molecule has 0 aromatic carbocycles. The number of hydrogen-bond donors (Lipinski definition) is 1. The lowest BCUT2D eigenvalue weighted by Gasteiger charge is -2.38. The topological polar surface area (TPSA) is 3.24 Å². The molecule has 1 aliphatic carbocycles. The third-order valence-corrected chi connectivity index (χ3v) is 4.67.